The van der Waals surface area contributed by atoms with Crippen LogP contribution >= 0.6 is 15.9 Å². The number of nitrogens with one attached hydrogen (secondary N) is 1. The third-order valence-corrected chi connectivity index (χ3v) is 3.41. The fraction of sp³-hybridized carbons (Fsp3) is 0.529. The highest BCUT2D eigenvalue weighted by atomic mass is 79.9. The Morgan fingerprint density at radius 2 is 2.10 bits per heavy atom. The fourth-order valence-corrected chi connectivity index (χ4v) is 2.48. The van der Waals surface area contributed by atoms with Gasteiger partial charge in [-0.05, 0) is 59.4 Å². The Morgan fingerprint density at radius 3 is 2.71 bits per heavy atom. The Morgan fingerprint density at radius 1 is 1.33 bits per heavy atom. The van der Waals surface area contributed by atoms with Crippen LogP contribution < -0.4 is 14.8 Å². The molecule has 0 amide bonds. The van der Waals surface area contributed by atoms with Gasteiger partial charge in [0.05, 0.1) is 17.7 Å². The summed E-state index contributed by atoms with van der Waals surface area (Å²) in [6.45, 7) is 13.1. The second kappa shape index (κ2) is 9.85. The van der Waals surface area contributed by atoms with Gasteiger partial charge < -0.3 is 14.8 Å². The molecule has 0 aromatic heterocycles. The maximum atomic E-state index is 5.80. The van der Waals surface area contributed by atoms with Gasteiger partial charge in [0.25, 0.3) is 0 Å². The monoisotopic (exact) mass is 355 g/mol. The van der Waals surface area contributed by atoms with Gasteiger partial charge in [-0.1, -0.05) is 19.9 Å². The van der Waals surface area contributed by atoms with E-state index in [2.05, 4.69) is 47.7 Å². The summed E-state index contributed by atoms with van der Waals surface area (Å²) in [7, 11) is 0. The smallest absolute Gasteiger partial charge is 0.175 e. The Bertz CT molecular complexity index is 447. The largest absolute Gasteiger partial charge is 0.490 e. The Labute approximate surface area is 136 Å². The van der Waals surface area contributed by atoms with Gasteiger partial charge in [0.2, 0.25) is 0 Å². The summed E-state index contributed by atoms with van der Waals surface area (Å²) in [4.78, 5) is 0. The van der Waals surface area contributed by atoms with Gasteiger partial charge in [-0.3, -0.25) is 0 Å². The second-order valence-corrected chi connectivity index (χ2v) is 6.14. The molecule has 0 saturated heterocycles. The molecule has 4 heteroatoms. The van der Waals surface area contributed by atoms with Crippen LogP contribution in [0.2, 0.25) is 0 Å². The fourth-order valence-electron chi connectivity index (χ4n) is 1.88. The van der Waals surface area contributed by atoms with E-state index in [9.17, 15) is 0 Å². The van der Waals surface area contributed by atoms with E-state index < -0.39 is 0 Å². The quantitative estimate of drug-likeness (QED) is 0.493. The third kappa shape index (κ3) is 6.53. The maximum Gasteiger partial charge on any atom is 0.175 e. The van der Waals surface area contributed by atoms with Gasteiger partial charge in [0.1, 0.15) is 0 Å². The summed E-state index contributed by atoms with van der Waals surface area (Å²) in [6, 6.07) is 4.13. The molecule has 0 aliphatic carbocycles. The molecule has 0 aliphatic heterocycles. The normalized spacial score (nSPS) is 10.7. The van der Waals surface area contributed by atoms with Gasteiger partial charge in [0.15, 0.2) is 11.5 Å². The van der Waals surface area contributed by atoms with E-state index in [1.165, 1.54) is 5.56 Å². The van der Waals surface area contributed by atoms with Crippen molar-refractivity contribution in [3.63, 3.8) is 0 Å². The highest BCUT2D eigenvalue weighted by Crippen LogP contribution is 2.37. The van der Waals surface area contributed by atoms with Crippen molar-refractivity contribution >= 4 is 15.9 Å². The van der Waals surface area contributed by atoms with Crippen LogP contribution in [0, 0.1) is 5.92 Å². The van der Waals surface area contributed by atoms with E-state index in [0.29, 0.717) is 19.1 Å². The molecule has 0 spiro atoms. The summed E-state index contributed by atoms with van der Waals surface area (Å²) in [5, 5.41) is 3.44. The van der Waals surface area contributed by atoms with Gasteiger partial charge in [-0.2, -0.15) is 0 Å². The van der Waals surface area contributed by atoms with Gasteiger partial charge >= 0.3 is 0 Å². The van der Waals surface area contributed by atoms with Crippen molar-refractivity contribution < 1.29 is 9.47 Å². The number of halogens is 1. The molecule has 1 N–H and O–H groups in total. The van der Waals surface area contributed by atoms with E-state index in [1.807, 2.05) is 19.1 Å². The van der Waals surface area contributed by atoms with E-state index in [-0.39, 0.29) is 0 Å². The van der Waals surface area contributed by atoms with Crippen molar-refractivity contribution in [2.24, 2.45) is 5.92 Å². The number of hydrogen-bond donors (Lipinski definition) is 1. The van der Waals surface area contributed by atoms with Crippen LogP contribution in [0.15, 0.2) is 29.3 Å². The standard InChI is InChI=1S/C17H26BrNO2/c1-5-7-8-21-17-15(18)9-14(10-16(17)20-6-2)12-19-11-13(3)4/h5,9-10,13,19H,1,6-8,11-12H2,2-4H3. The van der Waals surface area contributed by atoms with Gasteiger partial charge in [0, 0.05) is 6.54 Å². The average Bonchev–Trinajstić information content (AvgIpc) is 2.42. The number of ether oxygens (including phenoxy) is 2. The zero-order chi connectivity index (χ0) is 15.7. The highest BCUT2D eigenvalue weighted by molar-refractivity contribution is 9.10. The first-order valence-electron chi connectivity index (χ1n) is 7.48. The van der Waals surface area contributed by atoms with Crippen LogP contribution in [0.1, 0.15) is 32.8 Å². The maximum absolute atomic E-state index is 5.80. The summed E-state index contributed by atoms with van der Waals surface area (Å²) >= 11 is 3.58. The Balaban J connectivity index is 2.81. The van der Waals surface area contributed by atoms with Crippen LogP contribution in [-0.4, -0.2) is 19.8 Å². The molecular weight excluding hydrogens is 330 g/mol. The topological polar surface area (TPSA) is 30.5 Å². The zero-order valence-electron chi connectivity index (χ0n) is 13.2. The van der Waals surface area contributed by atoms with Crippen molar-refractivity contribution in [1.29, 1.82) is 0 Å². The molecule has 0 unspecified atom stereocenters. The van der Waals surface area contributed by atoms with Gasteiger partial charge in [-0.25, -0.2) is 0 Å². The van der Waals surface area contributed by atoms with E-state index in [1.54, 1.807) is 0 Å². The van der Waals surface area contributed by atoms with Crippen LogP contribution in [0.25, 0.3) is 0 Å². The molecule has 21 heavy (non-hydrogen) atoms. The third-order valence-electron chi connectivity index (χ3n) is 2.82. The predicted octanol–water partition coefficient (Wildman–Crippen LogP) is 4.55. The number of hydrogen-bond acceptors (Lipinski definition) is 3. The lowest BCUT2D eigenvalue weighted by molar-refractivity contribution is 0.279. The second-order valence-electron chi connectivity index (χ2n) is 5.29. The van der Waals surface area contributed by atoms with Crippen LogP contribution in [0.3, 0.4) is 0 Å². The number of rotatable bonds is 10. The molecular formula is C17H26BrNO2. The highest BCUT2D eigenvalue weighted by Gasteiger charge is 2.12. The minimum absolute atomic E-state index is 0.604. The summed E-state index contributed by atoms with van der Waals surface area (Å²) < 4.78 is 12.4. The molecule has 0 bridgehead atoms. The van der Waals surface area contributed by atoms with Crippen molar-refractivity contribution in [3.05, 3.63) is 34.8 Å². The van der Waals surface area contributed by atoms with Crippen LogP contribution in [0.4, 0.5) is 0 Å². The van der Waals surface area contributed by atoms with Crippen molar-refractivity contribution in [2.75, 3.05) is 19.8 Å². The van der Waals surface area contributed by atoms with E-state index in [0.717, 1.165) is 35.5 Å². The number of benzene rings is 1. The lowest BCUT2D eigenvalue weighted by atomic mass is 10.1. The van der Waals surface area contributed by atoms with Crippen molar-refractivity contribution in [3.8, 4) is 11.5 Å². The molecule has 3 nitrogen and oxygen atoms in total. The molecule has 0 heterocycles. The first kappa shape index (κ1) is 18.1. The van der Waals surface area contributed by atoms with Gasteiger partial charge in [-0.15, -0.1) is 6.58 Å². The Hall–Kier alpha value is -1.00. The molecule has 0 radical (unpaired) electrons. The lowest BCUT2D eigenvalue weighted by Crippen LogP contribution is -2.19. The summed E-state index contributed by atoms with van der Waals surface area (Å²) in [6.07, 6.45) is 2.66. The molecule has 118 valence electrons. The average molecular weight is 356 g/mol. The SMILES string of the molecule is C=CCCOc1c(Br)cc(CNCC(C)C)cc1OCC. The lowest BCUT2D eigenvalue weighted by Gasteiger charge is -2.16. The molecule has 1 aromatic carbocycles. The van der Waals surface area contributed by atoms with Crippen LogP contribution in [0.5, 0.6) is 11.5 Å². The molecule has 0 aliphatic rings. The summed E-state index contributed by atoms with van der Waals surface area (Å²) in [5.74, 6) is 2.20. The van der Waals surface area contributed by atoms with Crippen molar-refractivity contribution in [1.82, 2.24) is 5.32 Å². The Kier molecular flexibility index (Phi) is 8.47. The first-order chi connectivity index (χ1) is 10.1. The van der Waals surface area contributed by atoms with E-state index >= 15 is 0 Å². The molecule has 0 fully saturated rings. The minimum atomic E-state index is 0.604. The van der Waals surface area contributed by atoms with Crippen molar-refractivity contribution in [2.45, 2.75) is 33.7 Å². The van der Waals surface area contributed by atoms with E-state index in [4.69, 9.17) is 9.47 Å². The molecule has 0 saturated carbocycles. The zero-order valence-corrected chi connectivity index (χ0v) is 14.8. The summed E-state index contributed by atoms with van der Waals surface area (Å²) in [5.41, 5.74) is 1.18. The van der Waals surface area contributed by atoms with Crippen LogP contribution in [-0.2, 0) is 6.54 Å². The predicted molar refractivity (Wildman–Crippen MR) is 92.2 cm³/mol. The first-order valence-corrected chi connectivity index (χ1v) is 8.27. The molecule has 0 atom stereocenters. The molecule has 1 aromatic rings. The minimum Gasteiger partial charge on any atom is -0.490 e. The molecule has 1 rings (SSSR count).